The molecule has 1 aromatic carbocycles. The average molecular weight is 444 g/mol. The number of carboxylic acid groups (broad SMARTS) is 1. The zero-order valence-electron chi connectivity index (χ0n) is 18.5. The van der Waals surface area contributed by atoms with Crippen LogP contribution in [0.15, 0.2) is 22.7 Å². The lowest BCUT2D eigenvalue weighted by atomic mass is 9.80. The Morgan fingerprint density at radius 1 is 1.19 bits per heavy atom. The van der Waals surface area contributed by atoms with E-state index in [2.05, 4.69) is 10.5 Å². The van der Waals surface area contributed by atoms with Gasteiger partial charge >= 0.3 is 0 Å². The summed E-state index contributed by atoms with van der Waals surface area (Å²) in [5, 5.41) is 17.0. The molecule has 32 heavy (non-hydrogen) atoms. The summed E-state index contributed by atoms with van der Waals surface area (Å²) in [5.41, 5.74) is 2.87. The number of fused-ring (bicyclic) bond motifs is 1. The van der Waals surface area contributed by atoms with Crippen molar-refractivity contribution < 1.29 is 34.0 Å². The third kappa shape index (κ3) is 4.72. The van der Waals surface area contributed by atoms with Gasteiger partial charge in [-0.2, -0.15) is 0 Å². The molecule has 2 aromatic rings. The molecule has 1 saturated heterocycles. The molecule has 1 amide bonds. The molecule has 9 heteroatoms. The second-order valence-corrected chi connectivity index (χ2v) is 8.54. The molecule has 0 saturated carbocycles. The first-order chi connectivity index (χ1) is 15.5. The molecule has 172 valence electrons. The number of carbonyl (C=O) groups is 2. The van der Waals surface area contributed by atoms with Gasteiger partial charge in [-0.25, -0.2) is 0 Å². The van der Waals surface area contributed by atoms with E-state index in [1.54, 1.807) is 14.2 Å². The predicted molar refractivity (Wildman–Crippen MR) is 111 cm³/mol. The van der Waals surface area contributed by atoms with E-state index in [1.165, 1.54) is 11.6 Å². The van der Waals surface area contributed by atoms with Gasteiger partial charge in [0, 0.05) is 44.3 Å². The van der Waals surface area contributed by atoms with E-state index in [-0.39, 0.29) is 23.5 Å². The second-order valence-electron chi connectivity index (χ2n) is 8.54. The summed E-state index contributed by atoms with van der Waals surface area (Å²) < 4.78 is 15.6. The first-order valence-corrected chi connectivity index (χ1v) is 11.0. The van der Waals surface area contributed by atoms with Crippen LogP contribution in [-0.2, 0) is 24.2 Å². The van der Waals surface area contributed by atoms with E-state index in [0.717, 1.165) is 31.5 Å². The summed E-state index contributed by atoms with van der Waals surface area (Å²) in [6.07, 6.45) is 2.79. The fourth-order valence-corrected chi connectivity index (χ4v) is 4.83. The third-order valence-corrected chi connectivity index (χ3v) is 6.62. The predicted octanol–water partition coefficient (Wildman–Crippen LogP) is -0.228. The van der Waals surface area contributed by atoms with Crippen LogP contribution in [0.3, 0.4) is 0 Å². The van der Waals surface area contributed by atoms with Crippen LogP contribution in [0.4, 0.5) is 0 Å². The van der Waals surface area contributed by atoms with Crippen molar-refractivity contribution in [1.29, 1.82) is 0 Å². The van der Waals surface area contributed by atoms with Gasteiger partial charge in [0.05, 0.1) is 33.0 Å². The highest BCUT2D eigenvalue weighted by Crippen LogP contribution is 2.34. The SMILES string of the molecule is COc1cc2c(cc1OC)CN(C(=O)C[C@@H]1CC[NH2+]C[C@@H]1Cc1cc(C(=O)[O-])on1)CC2. The van der Waals surface area contributed by atoms with E-state index < -0.39 is 5.97 Å². The van der Waals surface area contributed by atoms with Gasteiger partial charge in [0.1, 0.15) is 5.97 Å². The molecule has 0 unspecified atom stereocenters. The van der Waals surface area contributed by atoms with E-state index in [0.29, 0.717) is 43.1 Å². The number of aromatic carboxylic acids is 1. The van der Waals surface area contributed by atoms with E-state index in [1.807, 2.05) is 17.0 Å². The number of hydrogen-bond acceptors (Lipinski definition) is 7. The first kappa shape index (κ1) is 22.1. The number of nitrogens with zero attached hydrogens (tertiary/aromatic N) is 2. The minimum absolute atomic E-state index is 0.151. The summed E-state index contributed by atoms with van der Waals surface area (Å²) in [4.78, 5) is 26.0. The zero-order valence-corrected chi connectivity index (χ0v) is 18.5. The number of carboxylic acids is 1. The maximum atomic E-state index is 13.2. The van der Waals surface area contributed by atoms with Crippen LogP contribution < -0.4 is 19.9 Å². The number of rotatable bonds is 7. The fourth-order valence-electron chi connectivity index (χ4n) is 4.83. The molecular weight excluding hydrogens is 414 g/mol. The van der Waals surface area contributed by atoms with Gasteiger partial charge in [0.2, 0.25) is 5.91 Å². The monoisotopic (exact) mass is 443 g/mol. The Balaban J connectivity index is 1.41. The van der Waals surface area contributed by atoms with Crippen LogP contribution in [-0.4, -0.2) is 55.8 Å². The van der Waals surface area contributed by atoms with Crippen molar-refractivity contribution in [3.63, 3.8) is 0 Å². The highest BCUT2D eigenvalue weighted by molar-refractivity contribution is 5.82. The van der Waals surface area contributed by atoms with Gasteiger partial charge in [0.15, 0.2) is 17.3 Å². The highest BCUT2D eigenvalue weighted by atomic mass is 16.5. The largest absolute Gasteiger partial charge is 0.541 e. The number of hydrogen-bond donors (Lipinski definition) is 1. The smallest absolute Gasteiger partial charge is 0.223 e. The van der Waals surface area contributed by atoms with Crippen molar-refractivity contribution in [2.24, 2.45) is 11.8 Å². The molecule has 2 atom stereocenters. The summed E-state index contributed by atoms with van der Waals surface area (Å²) in [6, 6.07) is 5.39. The molecular formula is C23H29N3O6. The lowest BCUT2D eigenvalue weighted by Gasteiger charge is -2.33. The lowest BCUT2D eigenvalue weighted by Crippen LogP contribution is -2.88. The number of aromatic nitrogens is 1. The minimum atomic E-state index is -1.37. The molecule has 0 aliphatic carbocycles. The number of benzene rings is 1. The first-order valence-electron chi connectivity index (χ1n) is 11.0. The normalized spacial score (nSPS) is 20.5. The van der Waals surface area contributed by atoms with Crippen LogP contribution in [0.2, 0.25) is 0 Å². The van der Waals surface area contributed by atoms with E-state index in [4.69, 9.17) is 14.0 Å². The molecule has 2 aliphatic rings. The van der Waals surface area contributed by atoms with Gasteiger partial charge in [0.25, 0.3) is 0 Å². The lowest BCUT2D eigenvalue weighted by molar-refractivity contribution is -0.672. The van der Waals surface area contributed by atoms with Crippen molar-refractivity contribution in [2.75, 3.05) is 33.9 Å². The Hall–Kier alpha value is -3.07. The van der Waals surface area contributed by atoms with Crippen molar-refractivity contribution in [1.82, 2.24) is 10.1 Å². The molecule has 1 aromatic heterocycles. The van der Waals surface area contributed by atoms with Crippen molar-refractivity contribution in [3.8, 4) is 11.5 Å². The topological polar surface area (TPSA) is 122 Å². The number of quaternary nitrogens is 1. The van der Waals surface area contributed by atoms with Crippen LogP contribution in [0.5, 0.6) is 11.5 Å². The van der Waals surface area contributed by atoms with Crippen molar-refractivity contribution in [2.45, 2.75) is 32.2 Å². The molecule has 1 fully saturated rings. The number of carbonyl (C=O) groups excluding carboxylic acids is 2. The second kappa shape index (κ2) is 9.60. The quantitative estimate of drug-likeness (QED) is 0.627. The molecule has 0 bridgehead atoms. The van der Waals surface area contributed by atoms with Gasteiger partial charge in [-0.15, -0.1) is 0 Å². The summed E-state index contributed by atoms with van der Waals surface area (Å²) in [6.45, 7) is 3.11. The van der Waals surface area contributed by atoms with E-state index in [9.17, 15) is 14.7 Å². The van der Waals surface area contributed by atoms with Gasteiger partial charge < -0.3 is 34.1 Å². The van der Waals surface area contributed by atoms with Crippen LogP contribution in [0, 0.1) is 11.8 Å². The Kier molecular flexibility index (Phi) is 6.64. The Morgan fingerprint density at radius 3 is 2.62 bits per heavy atom. The third-order valence-electron chi connectivity index (χ3n) is 6.62. The van der Waals surface area contributed by atoms with Crippen LogP contribution >= 0.6 is 0 Å². The summed E-state index contributed by atoms with van der Waals surface area (Å²) in [7, 11) is 3.24. The fraction of sp³-hybridized carbons (Fsp3) is 0.522. The maximum Gasteiger partial charge on any atom is 0.223 e. The summed E-state index contributed by atoms with van der Waals surface area (Å²) >= 11 is 0. The van der Waals surface area contributed by atoms with Gasteiger partial charge in [-0.05, 0) is 35.6 Å². The molecule has 3 heterocycles. The van der Waals surface area contributed by atoms with Gasteiger partial charge in [-0.3, -0.25) is 4.79 Å². The maximum absolute atomic E-state index is 13.2. The van der Waals surface area contributed by atoms with Crippen molar-refractivity contribution in [3.05, 3.63) is 40.8 Å². The molecule has 0 radical (unpaired) electrons. The number of amides is 1. The van der Waals surface area contributed by atoms with Crippen molar-refractivity contribution >= 4 is 11.9 Å². The molecule has 4 rings (SSSR count). The minimum Gasteiger partial charge on any atom is -0.541 e. The number of nitrogens with two attached hydrogens (primary N) is 1. The average Bonchev–Trinajstić information content (AvgIpc) is 3.28. The molecule has 2 aliphatic heterocycles. The zero-order chi connectivity index (χ0) is 22.7. The molecule has 9 nitrogen and oxygen atoms in total. The highest BCUT2D eigenvalue weighted by Gasteiger charge is 2.32. The van der Waals surface area contributed by atoms with Crippen LogP contribution in [0.1, 0.15) is 40.2 Å². The summed E-state index contributed by atoms with van der Waals surface area (Å²) in [5.74, 6) is 0.361. The van der Waals surface area contributed by atoms with Gasteiger partial charge in [-0.1, -0.05) is 5.16 Å². The Bertz CT molecular complexity index is 988. The number of ether oxygens (including phenoxy) is 2. The number of methoxy groups -OCH3 is 2. The number of piperidine rings is 1. The standard InChI is InChI=1S/C23H29N3O6/c1-30-19-8-15-4-6-26(13-17(15)9-20(19)31-2)22(27)10-14-3-5-24-12-16(14)7-18-11-21(23(28)29)32-25-18/h8-9,11,14,16,24H,3-7,10,12-13H2,1-2H3,(H,28,29)/t14-,16-/m0/s1. The van der Waals surface area contributed by atoms with Crippen LogP contribution in [0.25, 0.3) is 0 Å². The Labute approximate surface area is 186 Å². The molecule has 2 N–H and O–H groups in total. The van der Waals surface area contributed by atoms with E-state index >= 15 is 0 Å². The Morgan fingerprint density at radius 2 is 1.94 bits per heavy atom. The molecule has 0 spiro atoms.